The Balaban J connectivity index is 2.33. The maximum atomic E-state index is 12.8. The lowest BCUT2D eigenvalue weighted by molar-refractivity contribution is -0.138. The highest BCUT2D eigenvalue weighted by molar-refractivity contribution is 5.97. The molecule has 7 nitrogen and oxygen atoms in total. The number of nitrogens with one attached hydrogen (secondary N) is 1. The van der Waals surface area contributed by atoms with E-state index in [1.54, 1.807) is 6.07 Å². The van der Waals surface area contributed by atoms with E-state index in [0.29, 0.717) is 18.7 Å². The molecule has 0 saturated carbocycles. The number of ether oxygens (including phenoxy) is 2. The first kappa shape index (κ1) is 21.6. The second-order valence-corrected chi connectivity index (χ2v) is 6.97. The zero-order valence-corrected chi connectivity index (χ0v) is 16.9. The van der Waals surface area contributed by atoms with Crippen LogP contribution in [0.25, 0.3) is 0 Å². The van der Waals surface area contributed by atoms with Crippen LogP contribution in [0.4, 0.5) is 0 Å². The predicted molar refractivity (Wildman–Crippen MR) is 105 cm³/mol. The van der Waals surface area contributed by atoms with Crippen molar-refractivity contribution < 1.29 is 23.9 Å². The highest BCUT2D eigenvalue weighted by atomic mass is 16.5. The van der Waals surface area contributed by atoms with Crippen LogP contribution in [0.2, 0.25) is 0 Å². The lowest BCUT2D eigenvalue weighted by atomic mass is 9.90. The molecule has 152 valence electrons. The van der Waals surface area contributed by atoms with Crippen molar-refractivity contribution in [1.82, 2.24) is 10.2 Å². The molecule has 0 radical (unpaired) electrons. The normalized spacial score (nSPS) is 14.8. The summed E-state index contributed by atoms with van der Waals surface area (Å²) in [7, 11) is 2.52. The monoisotopic (exact) mass is 388 g/mol. The number of hydrogen-bond acceptors (Lipinski definition) is 6. The van der Waals surface area contributed by atoms with Crippen molar-refractivity contribution in [3.05, 3.63) is 46.5 Å². The molecular formula is C21H28N2O5. The Kier molecular flexibility index (Phi) is 7.75. The molecule has 28 heavy (non-hydrogen) atoms. The molecule has 1 aromatic carbocycles. The molecule has 1 aliphatic heterocycles. The van der Waals surface area contributed by atoms with Gasteiger partial charge in [-0.25, -0.2) is 9.59 Å². The number of piperazine rings is 1. The second-order valence-electron chi connectivity index (χ2n) is 6.97. The van der Waals surface area contributed by atoms with Crippen LogP contribution in [0, 0.1) is 0 Å². The average Bonchev–Trinajstić information content (AvgIpc) is 2.72. The van der Waals surface area contributed by atoms with Crippen LogP contribution in [-0.2, 0) is 25.5 Å². The van der Waals surface area contributed by atoms with E-state index in [-0.39, 0.29) is 23.8 Å². The van der Waals surface area contributed by atoms with Crippen LogP contribution < -0.4 is 5.32 Å². The third-order valence-electron chi connectivity index (χ3n) is 4.74. The van der Waals surface area contributed by atoms with E-state index in [2.05, 4.69) is 10.1 Å². The lowest BCUT2D eigenvalue weighted by Crippen LogP contribution is -2.46. The van der Waals surface area contributed by atoms with Gasteiger partial charge in [0.15, 0.2) is 0 Å². The van der Waals surface area contributed by atoms with E-state index < -0.39 is 11.9 Å². The van der Waals surface area contributed by atoms with Crippen LogP contribution in [0.5, 0.6) is 0 Å². The summed E-state index contributed by atoms with van der Waals surface area (Å²) in [5.74, 6) is -1.05. The molecule has 1 fully saturated rings. The molecule has 7 heteroatoms. The first-order valence-electron chi connectivity index (χ1n) is 9.37. The Morgan fingerprint density at radius 1 is 1.14 bits per heavy atom. The topological polar surface area (TPSA) is 84.9 Å². The van der Waals surface area contributed by atoms with Crippen LogP contribution >= 0.6 is 0 Å². The first-order chi connectivity index (χ1) is 13.4. The van der Waals surface area contributed by atoms with Crippen LogP contribution in [0.15, 0.2) is 29.8 Å². The Morgan fingerprint density at radius 2 is 1.82 bits per heavy atom. The van der Waals surface area contributed by atoms with Gasteiger partial charge < -0.3 is 19.7 Å². The van der Waals surface area contributed by atoms with E-state index >= 15 is 0 Å². The van der Waals surface area contributed by atoms with E-state index in [0.717, 1.165) is 30.3 Å². The van der Waals surface area contributed by atoms with E-state index in [1.807, 2.05) is 30.9 Å². The highest BCUT2D eigenvalue weighted by Crippen LogP contribution is 2.25. The van der Waals surface area contributed by atoms with Crippen LogP contribution in [0.3, 0.4) is 0 Å². The molecule has 1 N–H and O–H groups in total. The largest absolute Gasteiger partial charge is 0.466 e. The van der Waals surface area contributed by atoms with E-state index in [4.69, 9.17) is 4.74 Å². The fraction of sp³-hybridized carbons (Fsp3) is 0.476. The minimum atomic E-state index is -0.614. The summed E-state index contributed by atoms with van der Waals surface area (Å²) in [5.41, 5.74) is 2.66. The Bertz CT molecular complexity index is 764. The molecule has 1 heterocycles. The summed E-state index contributed by atoms with van der Waals surface area (Å²) in [5, 5.41) is 3.24. The molecule has 0 aromatic heterocycles. The molecule has 0 atom stereocenters. The minimum Gasteiger partial charge on any atom is -0.466 e. The number of amides is 1. The van der Waals surface area contributed by atoms with Gasteiger partial charge in [0, 0.05) is 49.8 Å². The number of carbonyl (C=O) groups is 3. The first-order valence-corrected chi connectivity index (χ1v) is 9.37. The number of methoxy groups -OCH3 is 2. The number of rotatable bonds is 6. The van der Waals surface area contributed by atoms with Crippen molar-refractivity contribution >= 4 is 17.8 Å². The smallest absolute Gasteiger partial charge is 0.334 e. The second kappa shape index (κ2) is 10.0. The summed E-state index contributed by atoms with van der Waals surface area (Å²) in [6.07, 6.45) is 1.37. The molecule has 1 saturated heterocycles. The Morgan fingerprint density at radius 3 is 2.39 bits per heavy atom. The van der Waals surface area contributed by atoms with Crippen molar-refractivity contribution in [2.75, 3.05) is 40.4 Å². The molecule has 1 aromatic rings. The summed E-state index contributed by atoms with van der Waals surface area (Å²) < 4.78 is 9.42. The highest BCUT2D eigenvalue weighted by Gasteiger charge is 2.21. The lowest BCUT2D eigenvalue weighted by Gasteiger charge is -2.28. The van der Waals surface area contributed by atoms with Gasteiger partial charge in [-0.05, 0) is 29.2 Å². The predicted octanol–water partition coefficient (Wildman–Crippen LogP) is 1.67. The molecule has 0 unspecified atom stereocenters. The summed E-state index contributed by atoms with van der Waals surface area (Å²) in [6, 6.07) is 5.51. The van der Waals surface area contributed by atoms with Crippen molar-refractivity contribution in [3.8, 4) is 0 Å². The van der Waals surface area contributed by atoms with Gasteiger partial charge in [-0.2, -0.15) is 0 Å². The molecule has 1 amide bonds. The van der Waals surface area contributed by atoms with Crippen LogP contribution in [-0.4, -0.2) is 63.1 Å². The summed E-state index contributed by atoms with van der Waals surface area (Å²) in [4.78, 5) is 38.3. The van der Waals surface area contributed by atoms with Crippen LogP contribution in [0.1, 0.15) is 41.3 Å². The van der Waals surface area contributed by atoms with Gasteiger partial charge in [0.25, 0.3) is 5.91 Å². The summed E-state index contributed by atoms with van der Waals surface area (Å²) >= 11 is 0. The van der Waals surface area contributed by atoms with Crippen molar-refractivity contribution in [3.63, 3.8) is 0 Å². The maximum Gasteiger partial charge on any atom is 0.334 e. The molecular weight excluding hydrogens is 360 g/mol. The van der Waals surface area contributed by atoms with Gasteiger partial charge in [-0.3, -0.25) is 4.79 Å². The number of benzene rings is 1. The summed E-state index contributed by atoms with van der Waals surface area (Å²) in [6.45, 7) is 7.01. The standard InChI is InChI=1S/C21H28N2O5/c1-14(2)18-12-16(20(25)23-9-7-22-8-10-23)6-5-15(18)11-17(21(26)28-4)13-19(24)27-3/h5-6,12-14,22H,7-11H2,1-4H3/b17-13-. The molecule has 0 spiro atoms. The fourth-order valence-corrected chi connectivity index (χ4v) is 3.20. The van der Waals surface area contributed by atoms with Crippen molar-refractivity contribution in [1.29, 1.82) is 0 Å². The SMILES string of the molecule is COC(=O)/C=C(/Cc1ccc(C(=O)N2CCNCC2)cc1C(C)C)C(=O)OC. The van der Waals surface area contributed by atoms with Gasteiger partial charge in [0.1, 0.15) is 0 Å². The number of esters is 2. The van der Waals surface area contributed by atoms with Gasteiger partial charge in [-0.1, -0.05) is 19.9 Å². The zero-order valence-electron chi connectivity index (χ0n) is 16.9. The average molecular weight is 388 g/mol. The quantitative estimate of drug-likeness (QED) is 0.589. The van der Waals surface area contributed by atoms with Gasteiger partial charge in [0.2, 0.25) is 0 Å². The maximum absolute atomic E-state index is 12.8. The van der Waals surface area contributed by atoms with Crippen molar-refractivity contribution in [2.24, 2.45) is 0 Å². The molecule has 1 aliphatic rings. The zero-order chi connectivity index (χ0) is 20.7. The number of nitrogens with zero attached hydrogens (tertiary/aromatic N) is 1. The van der Waals surface area contributed by atoms with Gasteiger partial charge in [0.05, 0.1) is 14.2 Å². The van der Waals surface area contributed by atoms with E-state index in [9.17, 15) is 14.4 Å². The molecule has 0 aliphatic carbocycles. The van der Waals surface area contributed by atoms with E-state index in [1.165, 1.54) is 14.2 Å². The molecule has 0 bridgehead atoms. The van der Waals surface area contributed by atoms with Crippen molar-refractivity contribution in [2.45, 2.75) is 26.2 Å². The Hall–Kier alpha value is -2.67. The van der Waals surface area contributed by atoms with Gasteiger partial charge >= 0.3 is 11.9 Å². The molecule has 2 rings (SSSR count). The minimum absolute atomic E-state index is 0.00763. The third-order valence-corrected chi connectivity index (χ3v) is 4.74. The Labute approximate surface area is 165 Å². The number of carbonyl (C=O) groups excluding carboxylic acids is 3. The third kappa shape index (κ3) is 5.42. The van der Waals surface area contributed by atoms with Gasteiger partial charge in [-0.15, -0.1) is 0 Å². The number of hydrogen-bond donors (Lipinski definition) is 1. The fourth-order valence-electron chi connectivity index (χ4n) is 3.20.